The predicted molar refractivity (Wildman–Crippen MR) is 122 cm³/mol. The van der Waals surface area contributed by atoms with Crippen molar-refractivity contribution in [2.75, 3.05) is 6.61 Å². The first-order valence-corrected chi connectivity index (χ1v) is 12.4. The summed E-state index contributed by atoms with van der Waals surface area (Å²) < 4.78 is 35.7. The van der Waals surface area contributed by atoms with Gasteiger partial charge in [0.15, 0.2) is 16.4 Å². The van der Waals surface area contributed by atoms with Gasteiger partial charge >= 0.3 is 5.97 Å². The highest BCUT2D eigenvalue weighted by molar-refractivity contribution is 7.93. The van der Waals surface area contributed by atoms with Gasteiger partial charge in [0.1, 0.15) is 29.8 Å². The van der Waals surface area contributed by atoms with Crippen LogP contribution in [0.25, 0.3) is 0 Å². The third kappa shape index (κ3) is 4.25. The van der Waals surface area contributed by atoms with Gasteiger partial charge in [-0.25, -0.2) is 13.2 Å². The van der Waals surface area contributed by atoms with E-state index in [2.05, 4.69) is 5.32 Å². The molecule has 3 atom stereocenters. The zero-order valence-electron chi connectivity index (χ0n) is 18.8. The second kappa shape index (κ2) is 9.09. The van der Waals surface area contributed by atoms with Crippen LogP contribution in [0.1, 0.15) is 25.8 Å². The molecular weight excluding hydrogens is 460 g/mol. The number of hydrogen-bond acceptors (Lipinski definition) is 7. The fourth-order valence-electron chi connectivity index (χ4n) is 4.38. The smallest absolute Gasteiger partial charge is 0.330 e. The monoisotopic (exact) mass is 486 g/mol. The topological polar surface area (TPSA) is 119 Å². The number of fused-ring (bicyclic) bond motifs is 1. The number of rotatable bonds is 7. The van der Waals surface area contributed by atoms with Crippen LogP contribution in [0.15, 0.2) is 60.7 Å². The predicted octanol–water partition coefficient (Wildman–Crippen LogP) is 1.43. The van der Waals surface area contributed by atoms with E-state index >= 15 is 0 Å². The number of carbonyl (C=O) groups excluding carboxylic acids is 3. The fourth-order valence-corrected chi connectivity index (χ4v) is 6.57. The minimum Gasteiger partial charge on any atom is -0.484 e. The van der Waals surface area contributed by atoms with E-state index in [9.17, 15) is 22.8 Å². The maximum absolute atomic E-state index is 13.2. The number of nitrogens with one attached hydrogen (secondary N) is 1. The third-order valence-corrected chi connectivity index (χ3v) is 9.05. The molecule has 10 heteroatoms. The van der Waals surface area contributed by atoms with Crippen LogP contribution < -0.4 is 10.1 Å². The molecule has 2 heterocycles. The molecule has 0 unspecified atom stereocenters. The summed E-state index contributed by atoms with van der Waals surface area (Å²) >= 11 is 0. The quantitative estimate of drug-likeness (QED) is 0.588. The molecule has 2 amide bonds. The van der Waals surface area contributed by atoms with Gasteiger partial charge in [0.05, 0.1) is 4.75 Å². The molecule has 2 fully saturated rings. The fraction of sp³-hybridized carbons (Fsp3) is 0.375. The average molecular weight is 487 g/mol. The molecule has 0 radical (unpaired) electrons. The molecule has 2 aliphatic heterocycles. The van der Waals surface area contributed by atoms with Gasteiger partial charge < -0.3 is 19.7 Å². The molecule has 0 bridgehead atoms. The zero-order valence-corrected chi connectivity index (χ0v) is 19.7. The Hall–Kier alpha value is -3.40. The first kappa shape index (κ1) is 23.7. The Bertz CT molecular complexity index is 1180. The van der Waals surface area contributed by atoms with Crippen LogP contribution in [-0.4, -0.2) is 59.9 Å². The normalized spacial score (nSPS) is 24.4. The van der Waals surface area contributed by atoms with Crippen molar-refractivity contribution in [2.24, 2.45) is 0 Å². The highest BCUT2D eigenvalue weighted by Gasteiger charge is 2.67. The molecule has 0 aromatic heterocycles. The molecule has 2 saturated heterocycles. The van der Waals surface area contributed by atoms with Crippen LogP contribution in [0.5, 0.6) is 5.75 Å². The largest absolute Gasteiger partial charge is 0.484 e. The second-order valence-corrected chi connectivity index (χ2v) is 11.5. The van der Waals surface area contributed by atoms with Gasteiger partial charge in [0.2, 0.25) is 5.91 Å². The zero-order chi connectivity index (χ0) is 24.5. The maximum Gasteiger partial charge on any atom is 0.330 e. The van der Waals surface area contributed by atoms with Gasteiger partial charge in [-0.2, -0.15) is 0 Å². The van der Waals surface area contributed by atoms with Crippen molar-refractivity contribution in [3.05, 3.63) is 66.2 Å². The Morgan fingerprint density at radius 1 is 1.06 bits per heavy atom. The molecule has 180 valence electrons. The third-order valence-electron chi connectivity index (χ3n) is 6.22. The number of carbonyl (C=O) groups is 3. The van der Waals surface area contributed by atoms with Gasteiger partial charge in [-0.05, 0) is 31.5 Å². The van der Waals surface area contributed by atoms with Crippen LogP contribution >= 0.6 is 0 Å². The van der Waals surface area contributed by atoms with E-state index in [1.807, 2.05) is 6.07 Å². The summed E-state index contributed by atoms with van der Waals surface area (Å²) in [6.45, 7) is 2.46. The van der Waals surface area contributed by atoms with Crippen molar-refractivity contribution in [2.45, 2.75) is 49.1 Å². The number of hydrogen-bond donors (Lipinski definition) is 1. The summed E-state index contributed by atoms with van der Waals surface area (Å²) in [5.41, 5.74) is 0.738. The first-order chi connectivity index (χ1) is 16.1. The number of ether oxygens (including phenoxy) is 2. The molecule has 0 spiro atoms. The van der Waals surface area contributed by atoms with Crippen LogP contribution in [0.2, 0.25) is 0 Å². The van der Waals surface area contributed by atoms with Gasteiger partial charge in [0.25, 0.3) is 5.91 Å². The van der Waals surface area contributed by atoms with E-state index < -0.39 is 49.8 Å². The Morgan fingerprint density at radius 3 is 2.32 bits per heavy atom. The number of nitrogens with zero attached hydrogens (tertiary/aromatic N) is 1. The SMILES string of the molecule is CC1(C)[C@H](C(=O)OCc2ccccc2)N2C(=O)[C@@H](NC(=O)COc3ccccc3)C[C@H]2S1(=O)=O. The maximum atomic E-state index is 13.2. The van der Waals surface area contributed by atoms with E-state index in [-0.39, 0.29) is 19.6 Å². The number of para-hydroxylation sites is 1. The van der Waals surface area contributed by atoms with Gasteiger partial charge in [-0.3, -0.25) is 9.59 Å². The number of amides is 2. The number of benzene rings is 2. The van der Waals surface area contributed by atoms with Crippen molar-refractivity contribution in [1.29, 1.82) is 0 Å². The van der Waals surface area contributed by atoms with Crippen LogP contribution in [-0.2, 0) is 35.6 Å². The van der Waals surface area contributed by atoms with Crippen molar-refractivity contribution >= 4 is 27.6 Å². The van der Waals surface area contributed by atoms with Crippen LogP contribution in [0, 0.1) is 0 Å². The van der Waals surface area contributed by atoms with E-state index in [1.54, 1.807) is 54.6 Å². The number of sulfone groups is 1. The Balaban J connectivity index is 1.46. The summed E-state index contributed by atoms with van der Waals surface area (Å²) in [7, 11) is -3.91. The van der Waals surface area contributed by atoms with Crippen LogP contribution in [0.3, 0.4) is 0 Å². The van der Waals surface area contributed by atoms with Gasteiger partial charge in [-0.1, -0.05) is 48.5 Å². The molecule has 2 aromatic rings. The molecule has 1 N–H and O–H groups in total. The summed E-state index contributed by atoms with van der Waals surface area (Å²) in [5.74, 6) is -1.51. The lowest BCUT2D eigenvalue weighted by molar-refractivity contribution is -0.156. The molecule has 4 rings (SSSR count). The van der Waals surface area contributed by atoms with Gasteiger partial charge in [0, 0.05) is 6.42 Å². The molecule has 2 aliphatic rings. The van der Waals surface area contributed by atoms with E-state index in [4.69, 9.17) is 9.47 Å². The molecule has 9 nitrogen and oxygen atoms in total. The second-order valence-electron chi connectivity index (χ2n) is 8.80. The molecule has 0 aliphatic carbocycles. The Morgan fingerprint density at radius 2 is 1.68 bits per heavy atom. The summed E-state index contributed by atoms with van der Waals surface area (Å²) in [6.07, 6.45) is -0.149. The lowest BCUT2D eigenvalue weighted by Crippen LogP contribution is -2.53. The van der Waals surface area contributed by atoms with Crippen molar-refractivity contribution in [3.63, 3.8) is 0 Å². The molecule has 2 aromatic carbocycles. The first-order valence-electron chi connectivity index (χ1n) is 10.9. The number of esters is 1. The lowest BCUT2D eigenvalue weighted by Gasteiger charge is -2.28. The average Bonchev–Trinajstić information content (AvgIpc) is 3.21. The Kier molecular flexibility index (Phi) is 6.35. The molecule has 34 heavy (non-hydrogen) atoms. The minimum atomic E-state index is -3.91. The standard InChI is InChI=1S/C24H26N2O7S/c1-24(2)21(23(29)33-14-16-9-5-3-6-10-16)26-20(34(24,30)31)13-18(22(26)28)25-19(27)15-32-17-11-7-4-8-12-17/h3-12,18,20-21H,13-15H2,1-2H3,(H,25,27)/t18-,20+,21-/m0/s1. The van der Waals surface area contributed by atoms with E-state index in [0.29, 0.717) is 5.75 Å². The molecule has 0 saturated carbocycles. The minimum absolute atomic E-state index is 0.0456. The lowest BCUT2D eigenvalue weighted by atomic mass is 10.0. The summed E-state index contributed by atoms with van der Waals surface area (Å²) in [6, 6.07) is 15.3. The van der Waals surface area contributed by atoms with E-state index in [0.717, 1.165) is 10.5 Å². The van der Waals surface area contributed by atoms with Crippen molar-refractivity contribution in [1.82, 2.24) is 10.2 Å². The van der Waals surface area contributed by atoms with Gasteiger partial charge in [-0.15, -0.1) is 0 Å². The van der Waals surface area contributed by atoms with Crippen LogP contribution in [0.4, 0.5) is 0 Å². The summed E-state index contributed by atoms with van der Waals surface area (Å²) in [5, 5.41) is 1.32. The summed E-state index contributed by atoms with van der Waals surface area (Å²) in [4.78, 5) is 39.6. The molecular formula is C24H26N2O7S. The Labute approximate surface area is 198 Å². The van der Waals surface area contributed by atoms with Crippen molar-refractivity contribution in [3.8, 4) is 5.75 Å². The van der Waals surface area contributed by atoms with Crippen molar-refractivity contribution < 1.29 is 32.3 Å². The highest BCUT2D eigenvalue weighted by atomic mass is 32.2. The van der Waals surface area contributed by atoms with E-state index in [1.165, 1.54) is 13.8 Å². The highest BCUT2D eigenvalue weighted by Crippen LogP contribution is 2.44.